The Balaban J connectivity index is 3.13. The van der Waals surface area contributed by atoms with Crippen LogP contribution in [0.3, 0.4) is 0 Å². The molecule has 96 valence electrons. The summed E-state index contributed by atoms with van der Waals surface area (Å²) >= 11 is 0. The predicted octanol–water partition coefficient (Wildman–Crippen LogP) is 1.77. The van der Waals surface area contributed by atoms with Gasteiger partial charge in [0, 0.05) is 5.56 Å². The van der Waals surface area contributed by atoms with E-state index in [4.69, 9.17) is 0 Å². The lowest BCUT2D eigenvalue weighted by molar-refractivity contribution is -0.127. The molecule has 0 bridgehead atoms. The van der Waals surface area contributed by atoms with Gasteiger partial charge in [-0.2, -0.15) is 13.2 Å². The van der Waals surface area contributed by atoms with Crippen LogP contribution >= 0.6 is 0 Å². The highest BCUT2D eigenvalue weighted by molar-refractivity contribution is 7.81. The van der Waals surface area contributed by atoms with E-state index in [-0.39, 0.29) is 0 Å². The quantitative estimate of drug-likeness (QED) is 0.478. The minimum absolute atomic E-state index is 0.452. The molecule has 9 heteroatoms. The molecule has 0 spiro atoms. The molecule has 0 aliphatic rings. The topological polar surface area (TPSA) is 66.4 Å². The fourth-order valence-corrected chi connectivity index (χ4v) is 1.48. The minimum Gasteiger partial charge on any atom is -0.716 e. The van der Waals surface area contributed by atoms with Gasteiger partial charge >= 0.3 is 6.18 Å². The highest BCUT2D eigenvalue weighted by Crippen LogP contribution is 2.28. The molecule has 0 heterocycles. The molecule has 0 aliphatic heterocycles. The molecule has 0 amide bonds. The van der Waals surface area contributed by atoms with Gasteiger partial charge in [0.05, 0.1) is 6.42 Å². The van der Waals surface area contributed by atoms with Crippen molar-refractivity contribution in [1.82, 2.24) is 0 Å². The number of hydrogen-bond donors (Lipinski definition) is 0. The number of alkyl halides is 3. The Hall–Kier alpha value is -1.35. The van der Waals surface area contributed by atoms with E-state index >= 15 is 0 Å². The van der Waals surface area contributed by atoms with Crippen LogP contribution in [-0.4, -0.2) is 19.1 Å². The van der Waals surface area contributed by atoms with Gasteiger partial charge in [-0.1, -0.05) is 0 Å². The zero-order chi connectivity index (χ0) is 13.3. The Kier molecular flexibility index (Phi) is 3.62. The van der Waals surface area contributed by atoms with Crippen LogP contribution in [0.1, 0.15) is 5.56 Å². The SMILES string of the molecule is O=S(=O)([O-])Oc1ccc(F)cc1CC(F)(F)F. The van der Waals surface area contributed by atoms with Gasteiger partial charge in [0.1, 0.15) is 11.6 Å². The third-order valence-corrected chi connectivity index (χ3v) is 1.99. The van der Waals surface area contributed by atoms with E-state index in [2.05, 4.69) is 4.18 Å². The van der Waals surface area contributed by atoms with E-state index in [1.54, 1.807) is 0 Å². The molecule has 0 radical (unpaired) electrons. The van der Waals surface area contributed by atoms with Crippen molar-refractivity contribution in [1.29, 1.82) is 0 Å². The Morgan fingerprint density at radius 2 is 1.88 bits per heavy atom. The summed E-state index contributed by atoms with van der Waals surface area (Å²) in [4.78, 5) is 0. The van der Waals surface area contributed by atoms with Gasteiger partial charge in [-0.05, 0) is 18.2 Å². The van der Waals surface area contributed by atoms with Crippen molar-refractivity contribution in [3.05, 3.63) is 29.6 Å². The monoisotopic (exact) mass is 273 g/mol. The molecule has 0 fully saturated rings. The maximum atomic E-state index is 12.7. The Bertz CT molecular complexity index is 509. The molecule has 0 saturated heterocycles. The van der Waals surface area contributed by atoms with Gasteiger partial charge in [-0.25, -0.2) is 12.8 Å². The van der Waals surface area contributed by atoms with E-state index in [9.17, 15) is 30.5 Å². The van der Waals surface area contributed by atoms with Crippen molar-refractivity contribution >= 4 is 10.4 Å². The first-order valence-electron chi connectivity index (χ1n) is 4.07. The average molecular weight is 273 g/mol. The molecule has 0 atom stereocenters. The second-order valence-corrected chi connectivity index (χ2v) is 4.02. The summed E-state index contributed by atoms with van der Waals surface area (Å²) in [5.74, 6) is -1.83. The molecule has 0 unspecified atom stereocenters. The van der Waals surface area contributed by atoms with Gasteiger partial charge in [-0.3, -0.25) is 0 Å². The normalized spacial score (nSPS) is 12.5. The molecule has 1 aromatic rings. The molecule has 17 heavy (non-hydrogen) atoms. The maximum absolute atomic E-state index is 12.7. The highest BCUT2D eigenvalue weighted by atomic mass is 32.3. The van der Waals surface area contributed by atoms with Gasteiger partial charge in [-0.15, -0.1) is 0 Å². The first-order valence-corrected chi connectivity index (χ1v) is 5.41. The van der Waals surface area contributed by atoms with Crippen LogP contribution in [0.4, 0.5) is 17.6 Å². The number of rotatable bonds is 3. The molecule has 0 N–H and O–H groups in total. The summed E-state index contributed by atoms with van der Waals surface area (Å²) in [6.07, 6.45) is -6.28. The minimum atomic E-state index is -5.21. The van der Waals surface area contributed by atoms with E-state index in [0.29, 0.717) is 18.2 Å². The Labute approximate surface area is 93.8 Å². The lowest BCUT2D eigenvalue weighted by Crippen LogP contribution is -2.15. The number of benzene rings is 1. The van der Waals surface area contributed by atoms with Crippen molar-refractivity contribution in [3.8, 4) is 5.75 Å². The largest absolute Gasteiger partial charge is 0.716 e. The molecule has 1 aromatic carbocycles. The van der Waals surface area contributed by atoms with Crippen LogP contribution in [0, 0.1) is 5.82 Å². The number of hydrogen-bond acceptors (Lipinski definition) is 4. The summed E-state index contributed by atoms with van der Waals surface area (Å²) in [6, 6.07) is 1.78. The van der Waals surface area contributed by atoms with Crippen LogP contribution < -0.4 is 4.18 Å². The van der Waals surface area contributed by atoms with E-state index < -0.39 is 40.1 Å². The van der Waals surface area contributed by atoms with Crippen molar-refractivity contribution in [2.75, 3.05) is 0 Å². The van der Waals surface area contributed by atoms with Crippen molar-refractivity contribution in [2.45, 2.75) is 12.6 Å². The Morgan fingerprint density at radius 3 is 2.35 bits per heavy atom. The summed E-state index contributed by atoms with van der Waals surface area (Å²) in [7, 11) is -5.21. The predicted molar refractivity (Wildman–Crippen MR) is 46.5 cm³/mol. The lowest BCUT2D eigenvalue weighted by Gasteiger charge is -2.14. The highest BCUT2D eigenvalue weighted by Gasteiger charge is 2.29. The Morgan fingerprint density at radius 1 is 1.29 bits per heavy atom. The van der Waals surface area contributed by atoms with Crippen molar-refractivity contribution < 1.29 is 34.7 Å². The second kappa shape index (κ2) is 4.49. The molecule has 4 nitrogen and oxygen atoms in total. The van der Waals surface area contributed by atoms with Crippen LogP contribution in [0.2, 0.25) is 0 Å². The second-order valence-electron chi connectivity index (χ2n) is 3.04. The smallest absolute Gasteiger partial charge is 0.393 e. The van der Waals surface area contributed by atoms with Crippen LogP contribution in [0.25, 0.3) is 0 Å². The summed E-state index contributed by atoms with van der Waals surface area (Å²) < 4.78 is 83.5. The summed E-state index contributed by atoms with van der Waals surface area (Å²) in [5, 5.41) is 0. The molecular formula is C8H5F4O4S-. The van der Waals surface area contributed by atoms with Crippen LogP contribution in [0.15, 0.2) is 18.2 Å². The van der Waals surface area contributed by atoms with E-state index in [1.165, 1.54) is 0 Å². The summed E-state index contributed by atoms with van der Waals surface area (Å²) in [6.45, 7) is 0. The zero-order valence-corrected chi connectivity index (χ0v) is 8.81. The standard InChI is InChI=1S/C8H6F4O4S/c9-6-1-2-7(16-17(13,14)15)5(3-6)4-8(10,11)12/h1-3H,4H2,(H,13,14,15)/p-1. The van der Waals surface area contributed by atoms with Crippen LogP contribution in [0.5, 0.6) is 5.75 Å². The first-order chi connectivity index (χ1) is 7.57. The van der Waals surface area contributed by atoms with Gasteiger partial charge in [0.2, 0.25) is 0 Å². The van der Waals surface area contributed by atoms with Crippen LogP contribution in [-0.2, 0) is 16.8 Å². The van der Waals surface area contributed by atoms with E-state index in [1.807, 2.05) is 0 Å². The third kappa shape index (κ3) is 5.00. The maximum Gasteiger partial charge on any atom is 0.393 e. The fraction of sp³-hybridized carbons (Fsp3) is 0.250. The average Bonchev–Trinajstić information content (AvgIpc) is 2.05. The molecule has 0 aromatic heterocycles. The fourth-order valence-electron chi connectivity index (χ4n) is 1.09. The third-order valence-electron chi connectivity index (χ3n) is 1.61. The van der Waals surface area contributed by atoms with Gasteiger partial charge < -0.3 is 8.74 Å². The molecular weight excluding hydrogens is 268 g/mol. The molecule has 0 saturated carbocycles. The lowest BCUT2D eigenvalue weighted by atomic mass is 10.1. The van der Waals surface area contributed by atoms with Crippen molar-refractivity contribution in [2.24, 2.45) is 0 Å². The molecule has 0 aliphatic carbocycles. The summed E-state index contributed by atoms with van der Waals surface area (Å²) in [5.41, 5.74) is -0.767. The van der Waals surface area contributed by atoms with E-state index in [0.717, 1.165) is 0 Å². The zero-order valence-electron chi connectivity index (χ0n) is 7.99. The first kappa shape index (κ1) is 13.7. The van der Waals surface area contributed by atoms with Crippen molar-refractivity contribution in [3.63, 3.8) is 0 Å². The van der Waals surface area contributed by atoms with Gasteiger partial charge in [0.15, 0.2) is 0 Å². The number of halogens is 4. The van der Waals surface area contributed by atoms with Gasteiger partial charge in [0.25, 0.3) is 10.4 Å². The molecule has 1 rings (SSSR count).